The van der Waals surface area contributed by atoms with E-state index in [-0.39, 0.29) is 32.0 Å². The number of fused-ring (bicyclic) bond motifs is 2. The number of hydrogen-bond donors (Lipinski definition) is 1. The molecule has 0 spiro atoms. The molecule has 0 saturated heterocycles. The molecule has 1 N–H and O–H groups in total. The van der Waals surface area contributed by atoms with E-state index in [1.54, 1.807) is 14.0 Å². The molecule has 0 fully saturated rings. The Morgan fingerprint density at radius 3 is 2.60 bits per heavy atom. The first kappa shape index (κ1) is 31.8. The number of hydrazone groups is 1. The Morgan fingerprint density at radius 2 is 1.89 bits per heavy atom. The predicted octanol–water partition coefficient (Wildman–Crippen LogP) is 4.30. The SMILES string of the molecule is CCOC(=O)C1=NO[C@@H](Cc2c(/C=N\NC(=O)c3sc4nc(C)cc(COC)c4c3-n3cccc3)c(OC)c3c(c2OC)OCO3)C1. The molecule has 246 valence electrons. The number of pyridine rings is 1. The molecule has 47 heavy (non-hydrogen) atoms. The second kappa shape index (κ2) is 13.7. The fourth-order valence-corrected chi connectivity index (χ4v) is 6.80. The summed E-state index contributed by atoms with van der Waals surface area (Å²) in [5.74, 6) is 0.439. The van der Waals surface area contributed by atoms with Gasteiger partial charge in [0.15, 0.2) is 17.2 Å². The summed E-state index contributed by atoms with van der Waals surface area (Å²) in [6, 6.07) is 5.73. The molecule has 1 aromatic carbocycles. The maximum absolute atomic E-state index is 13.8. The molecule has 1 amide bonds. The first-order valence-corrected chi connectivity index (χ1v) is 15.5. The number of hydrogen-bond acceptors (Lipinski definition) is 13. The van der Waals surface area contributed by atoms with Gasteiger partial charge in [-0.25, -0.2) is 15.2 Å². The number of ether oxygens (including phenoxy) is 6. The molecule has 0 saturated carbocycles. The lowest BCUT2D eigenvalue weighted by atomic mass is 9.96. The van der Waals surface area contributed by atoms with Crippen molar-refractivity contribution in [3.05, 3.63) is 57.9 Å². The van der Waals surface area contributed by atoms with E-state index >= 15 is 0 Å². The van der Waals surface area contributed by atoms with E-state index < -0.39 is 18.0 Å². The van der Waals surface area contributed by atoms with Crippen molar-refractivity contribution in [3.8, 4) is 28.7 Å². The van der Waals surface area contributed by atoms with Crippen molar-refractivity contribution in [2.24, 2.45) is 10.3 Å². The second-order valence-corrected chi connectivity index (χ2v) is 11.5. The van der Waals surface area contributed by atoms with Gasteiger partial charge in [0.25, 0.3) is 5.91 Å². The highest BCUT2D eigenvalue weighted by Crippen LogP contribution is 2.52. The third-order valence-corrected chi connectivity index (χ3v) is 8.60. The monoisotopic (exact) mass is 663 g/mol. The molecule has 1 atom stereocenters. The molecule has 15 heteroatoms. The van der Waals surface area contributed by atoms with Crippen LogP contribution >= 0.6 is 11.3 Å². The van der Waals surface area contributed by atoms with Crippen LogP contribution in [0.4, 0.5) is 0 Å². The molecule has 0 radical (unpaired) electrons. The van der Waals surface area contributed by atoms with Crippen LogP contribution in [0.15, 0.2) is 40.8 Å². The van der Waals surface area contributed by atoms with Gasteiger partial charge in [0.05, 0.1) is 39.3 Å². The van der Waals surface area contributed by atoms with Crippen LogP contribution < -0.4 is 24.4 Å². The van der Waals surface area contributed by atoms with Gasteiger partial charge >= 0.3 is 5.97 Å². The maximum Gasteiger partial charge on any atom is 0.356 e. The standard InChI is InChI=1S/C32H33N5O9S/c1-6-43-32(39)22-13-19(46-36-22)12-20-21(26(42-5)28-27(25(20)41-4)44-16-45-28)14-33-35-30(38)29-24(37-9-7-8-10-37)23-18(15-40-3)11-17(2)34-31(23)47-29/h7-11,14,19H,6,12-13,15-16H2,1-5H3,(H,35,38)/b33-14-/t19-/m0/s1. The molecule has 6 rings (SSSR count). The molecule has 5 heterocycles. The minimum Gasteiger partial charge on any atom is -0.492 e. The van der Waals surface area contributed by atoms with Gasteiger partial charge in [0.2, 0.25) is 18.3 Å². The molecular weight excluding hydrogens is 630 g/mol. The summed E-state index contributed by atoms with van der Waals surface area (Å²) in [4.78, 5) is 37.5. The highest BCUT2D eigenvalue weighted by Gasteiger charge is 2.35. The van der Waals surface area contributed by atoms with E-state index in [9.17, 15) is 9.59 Å². The van der Waals surface area contributed by atoms with Gasteiger partial charge in [-0.15, -0.1) is 11.3 Å². The fourth-order valence-electron chi connectivity index (χ4n) is 5.65. The number of esters is 1. The van der Waals surface area contributed by atoms with Crippen molar-refractivity contribution in [3.63, 3.8) is 0 Å². The number of carbonyl (C=O) groups excluding carboxylic acids is 2. The Morgan fingerprint density at radius 1 is 1.15 bits per heavy atom. The van der Waals surface area contributed by atoms with Crippen molar-refractivity contribution in [1.29, 1.82) is 0 Å². The summed E-state index contributed by atoms with van der Waals surface area (Å²) in [5, 5.41) is 9.11. The van der Waals surface area contributed by atoms with E-state index in [2.05, 4.69) is 15.7 Å². The van der Waals surface area contributed by atoms with Crippen molar-refractivity contribution < 1.29 is 42.8 Å². The van der Waals surface area contributed by atoms with Crippen LogP contribution in [0.5, 0.6) is 23.0 Å². The summed E-state index contributed by atoms with van der Waals surface area (Å²) in [6.45, 7) is 4.17. The molecule has 0 bridgehead atoms. The predicted molar refractivity (Wildman–Crippen MR) is 172 cm³/mol. The highest BCUT2D eigenvalue weighted by atomic mass is 32.1. The summed E-state index contributed by atoms with van der Waals surface area (Å²) in [7, 11) is 4.62. The summed E-state index contributed by atoms with van der Waals surface area (Å²) in [6.07, 6.45) is 5.14. The molecule has 4 aromatic rings. The Hall–Kier alpha value is -5.15. The number of oxime groups is 1. The number of thiophene rings is 1. The topological polar surface area (TPSA) is 153 Å². The molecular formula is C32H33N5O9S. The molecule has 0 aliphatic carbocycles. The number of aromatic nitrogens is 2. The normalized spacial score (nSPS) is 15.2. The summed E-state index contributed by atoms with van der Waals surface area (Å²) < 4.78 is 35.4. The third kappa shape index (κ3) is 6.06. The van der Waals surface area contributed by atoms with E-state index in [4.69, 9.17) is 38.2 Å². The summed E-state index contributed by atoms with van der Waals surface area (Å²) >= 11 is 1.27. The van der Waals surface area contributed by atoms with Gasteiger partial charge in [-0.2, -0.15) is 5.10 Å². The van der Waals surface area contributed by atoms with Crippen molar-refractivity contribution in [2.75, 3.05) is 34.7 Å². The molecule has 14 nitrogen and oxygen atoms in total. The molecule has 3 aromatic heterocycles. The number of nitrogens with zero attached hydrogens (tertiary/aromatic N) is 4. The molecule has 2 aliphatic rings. The number of nitrogens with one attached hydrogen (secondary N) is 1. The zero-order chi connectivity index (χ0) is 33.1. The summed E-state index contributed by atoms with van der Waals surface area (Å²) in [5.41, 5.74) is 6.33. The van der Waals surface area contributed by atoms with Crippen molar-refractivity contribution in [2.45, 2.75) is 39.4 Å². The van der Waals surface area contributed by atoms with Gasteiger partial charge in [0.1, 0.15) is 15.8 Å². The highest BCUT2D eigenvalue weighted by molar-refractivity contribution is 7.21. The Labute approximate surface area is 273 Å². The lowest BCUT2D eigenvalue weighted by Crippen LogP contribution is -2.20. The van der Waals surface area contributed by atoms with E-state index in [0.29, 0.717) is 56.1 Å². The zero-order valence-corrected chi connectivity index (χ0v) is 27.3. The zero-order valence-electron chi connectivity index (χ0n) is 26.4. The first-order valence-electron chi connectivity index (χ1n) is 14.7. The van der Waals surface area contributed by atoms with Crippen LogP contribution in [-0.2, 0) is 32.1 Å². The largest absolute Gasteiger partial charge is 0.492 e. The quantitative estimate of drug-likeness (QED) is 0.132. The van der Waals surface area contributed by atoms with Crippen LogP contribution in [0.2, 0.25) is 0 Å². The third-order valence-electron chi connectivity index (χ3n) is 7.53. The van der Waals surface area contributed by atoms with Gasteiger partial charge < -0.3 is 37.8 Å². The number of carbonyl (C=O) groups is 2. The number of rotatable bonds is 12. The number of benzene rings is 1. The number of aryl methyl sites for hydroxylation is 1. The van der Waals surface area contributed by atoms with Crippen LogP contribution in [0.1, 0.15) is 45.4 Å². The maximum atomic E-state index is 13.8. The lowest BCUT2D eigenvalue weighted by Gasteiger charge is -2.19. The van der Waals surface area contributed by atoms with Gasteiger partial charge in [0, 0.05) is 54.6 Å². The molecule has 2 aliphatic heterocycles. The van der Waals surface area contributed by atoms with Gasteiger partial charge in [-0.05, 0) is 37.6 Å². The van der Waals surface area contributed by atoms with Crippen LogP contribution in [0.25, 0.3) is 15.9 Å². The lowest BCUT2D eigenvalue weighted by molar-refractivity contribution is -0.135. The minimum absolute atomic E-state index is 0.0401. The Balaban J connectivity index is 1.35. The smallest absolute Gasteiger partial charge is 0.356 e. The fraction of sp³-hybridized carbons (Fsp3) is 0.344. The van der Waals surface area contributed by atoms with Gasteiger partial charge in [-0.1, -0.05) is 5.16 Å². The van der Waals surface area contributed by atoms with Crippen molar-refractivity contribution in [1.82, 2.24) is 15.0 Å². The van der Waals surface area contributed by atoms with E-state index in [1.165, 1.54) is 31.8 Å². The van der Waals surface area contributed by atoms with Crippen LogP contribution in [-0.4, -0.2) is 74.2 Å². The van der Waals surface area contributed by atoms with E-state index in [0.717, 1.165) is 16.6 Å². The minimum atomic E-state index is -0.532. The Bertz CT molecular complexity index is 1880. The second-order valence-electron chi connectivity index (χ2n) is 10.5. The first-order chi connectivity index (χ1) is 22.9. The van der Waals surface area contributed by atoms with Crippen molar-refractivity contribution >= 4 is 45.4 Å². The Kier molecular flexibility index (Phi) is 9.26. The van der Waals surface area contributed by atoms with Crippen LogP contribution in [0.3, 0.4) is 0 Å². The molecule has 0 unspecified atom stereocenters. The number of amides is 1. The number of methoxy groups -OCH3 is 3. The van der Waals surface area contributed by atoms with Crippen LogP contribution in [0, 0.1) is 6.92 Å². The van der Waals surface area contributed by atoms with E-state index in [1.807, 2.05) is 42.1 Å². The average molecular weight is 664 g/mol. The van der Waals surface area contributed by atoms with Gasteiger partial charge in [-0.3, -0.25) is 4.79 Å². The average Bonchev–Trinajstić information content (AvgIpc) is 3.88.